The smallest absolute Gasteiger partial charge is 0.651 e. The maximum atomic E-state index is 12.0. The molecule has 0 aliphatic rings. The van der Waals surface area contributed by atoms with Gasteiger partial charge in [-0.25, -0.2) is 0 Å². The van der Waals surface area contributed by atoms with Crippen LogP contribution in [0.4, 0.5) is 10.5 Å². The van der Waals surface area contributed by atoms with E-state index in [1.54, 1.807) is 45.2 Å². The first-order chi connectivity index (χ1) is 18.7. The van der Waals surface area contributed by atoms with Gasteiger partial charge in [0.25, 0.3) is 0 Å². The first-order valence-corrected chi connectivity index (χ1v) is 13.1. The summed E-state index contributed by atoms with van der Waals surface area (Å²) in [4.78, 5) is 58.4. The van der Waals surface area contributed by atoms with E-state index in [0.717, 1.165) is 30.5 Å². The Hall–Kier alpha value is 1.69. The summed E-state index contributed by atoms with van der Waals surface area (Å²) >= 11 is 0. The molecular weight excluding hydrogens is 759 g/mol. The van der Waals surface area contributed by atoms with Crippen LogP contribution >= 0.6 is 0 Å². The Kier molecular flexibility index (Phi) is 35.8. The molecular formula is C28H40N5O6Rb3. The van der Waals surface area contributed by atoms with Gasteiger partial charge in [0, 0.05) is 51.3 Å². The number of unbranched alkanes of at least 4 members (excludes halogenated alkanes) is 2. The van der Waals surface area contributed by atoms with Crippen molar-refractivity contribution >= 4 is 35.1 Å². The summed E-state index contributed by atoms with van der Waals surface area (Å²) in [5.74, 6) is -1.04. The van der Waals surface area contributed by atoms with Crippen molar-refractivity contribution in [1.82, 2.24) is 10.6 Å². The number of carbonyl (C=O) groups is 5. The van der Waals surface area contributed by atoms with Crippen molar-refractivity contribution in [3.8, 4) is 0 Å². The number of urea groups is 1. The van der Waals surface area contributed by atoms with Gasteiger partial charge in [0.05, 0.1) is 11.8 Å². The predicted octanol–water partition coefficient (Wildman–Crippen LogP) is -4.61. The summed E-state index contributed by atoms with van der Waals surface area (Å²) in [6.45, 7) is 4.94. The minimum absolute atomic E-state index is 0. The molecule has 14 heteroatoms. The second-order valence-electron chi connectivity index (χ2n) is 8.94. The Labute approximate surface area is 396 Å². The first kappa shape index (κ1) is 48.1. The van der Waals surface area contributed by atoms with Gasteiger partial charge >= 0.3 is 175 Å². The van der Waals surface area contributed by atoms with Crippen molar-refractivity contribution in [2.24, 2.45) is 0 Å². The van der Waals surface area contributed by atoms with Gasteiger partial charge in [-0.2, -0.15) is 0 Å². The Morgan fingerprint density at radius 1 is 0.833 bits per heavy atom. The van der Waals surface area contributed by atoms with E-state index in [1.807, 2.05) is 0 Å². The van der Waals surface area contributed by atoms with Crippen LogP contribution in [0.1, 0.15) is 57.9 Å². The summed E-state index contributed by atoms with van der Waals surface area (Å²) in [6.07, 6.45) is 4.99. The van der Waals surface area contributed by atoms with E-state index in [4.69, 9.17) is 4.74 Å². The van der Waals surface area contributed by atoms with E-state index in [-0.39, 0.29) is 212 Å². The summed E-state index contributed by atoms with van der Waals surface area (Å²) in [6, 6.07) is 6.32. The molecule has 0 aliphatic carbocycles. The van der Waals surface area contributed by atoms with Gasteiger partial charge in [-0.3, -0.25) is 9.59 Å². The van der Waals surface area contributed by atoms with E-state index in [0.29, 0.717) is 38.2 Å². The van der Waals surface area contributed by atoms with Crippen LogP contribution in [0.5, 0.6) is 0 Å². The van der Waals surface area contributed by atoms with E-state index in [1.165, 1.54) is 6.08 Å². The van der Waals surface area contributed by atoms with Crippen LogP contribution in [0.25, 0.3) is 16.0 Å². The second kappa shape index (κ2) is 31.3. The number of benzene rings is 1. The van der Waals surface area contributed by atoms with Crippen LogP contribution < -0.4 is 185 Å². The zero-order valence-corrected chi connectivity index (χ0v) is 40.9. The zero-order valence-electron chi connectivity index (χ0n) is 26.2. The summed E-state index contributed by atoms with van der Waals surface area (Å²) in [7, 11) is 1.74. The fourth-order valence-electron chi connectivity index (χ4n) is 3.23. The Balaban J connectivity index is -0.00000507. The average Bonchev–Trinajstić information content (AvgIpc) is 2.88. The molecule has 0 aliphatic heterocycles. The van der Waals surface area contributed by atoms with Crippen LogP contribution in [0, 0.1) is 0 Å². The molecule has 0 fully saturated rings. The fourth-order valence-corrected chi connectivity index (χ4v) is 3.23. The van der Waals surface area contributed by atoms with Crippen molar-refractivity contribution in [3.05, 3.63) is 57.6 Å². The molecule has 0 saturated heterocycles. The molecule has 0 radical (unpaired) electrons. The molecule has 1 aromatic carbocycles. The zero-order chi connectivity index (χ0) is 28.9. The number of allylic oxidation sites excluding steroid dienone is 2. The summed E-state index contributed by atoms with van der Waals surface area (Å²) in [5.41, 5.74) is 1.97. The van der Waals surface area contributed by atoms with Crippen LogP contribution in [0.3, 0.4) is 0 Å². The van der Waals surface area contributed by atoms with Crippen molar-refractivity contribution < 1.29 is 203 Å². The van der Waals surface area contributed by atoms with Gasteiger partial charge in [0.15, 0.2) is 11.8 Å². The van der Waals surface area contributed by atoms with Gasteiger partial charge in [-0.1, -0.05) is 43.7 Å². The van der Waals surface area contributed by atoms with Crippen LogP contribution in [-0.4, -0.2) is 69.3 Å². The van der Waals surface area contributed by atoms with Crippen molar-refractivity contribution in [1.29, 1.82) is 0 Å². The summed E-state index contributed by atoms with van der Waals surface area (Å²) in [5, 5.41) is 17.2. The van der Waals surface area contributed by atoms with Gasteiger partial charge in [-0.15, -0.1) is 12.2 Å². The number of hydrogen-bond acceptors (Lipinski definition) is 7. The summed E-state index contributed by atoms with van der Waals surface area (Å²) < 4.78 is 5.37. The van der Waals surface area contributed by atoms with Gasteiger partial charge < -0.3 is 45.7 Å². The molecule has 0 bridgehead atoms. The molecule has 2 N–H and O–H groups in total. The number of amides is 4. The number of ketones is 2. The Morgan fingerprint density at radius 3 is 2.17 bits per heavy atom. The maximum absolute atomic E-state index is 12.0. The molecule has 0 saturated carbocycles. The second-order valence-corrected chi connectivity index (χ2v) is 8.94. The van der Waals surface area contributed by atoms with Gasteiger partial charge in [0.1, 0.15) is 5.78 Å². The van der Waals surface area contributed by atoms with E-state index < -0.39 is 18.2 Å². The topological polar surface area (TPSA) is 161 Å². The van der Waals surface area contributed by atoms with E-state index >= 15 is 0 Å². The monoisotopic (exact) mass is 797 g/mol. The molecule has 0 spiro atoms. The molecule has 0 aromatic heterocycles. The molecule has 0 unspecified atom stereocenters. The molecule has 0 atom stereocenters. The molecule has 0 heterocycles. The Morgan fingerprint density at radius 2 is 1.52 bits per heavy atom. The third kappa shape index (κ3) is 28.0. The first-order valence-electron chi connectivity index (χ1n) is 13.1. The van der Waals surface area contributed by atoms with Crippen LogP contribution in [-0.2, 0) is 30.3 Å². The number of hydrogen-bond donors (Lipinski definition) is 2. The standard InChI is InChI=1S/C28H43N5O6.3Rb/c1-21(29-3)18-25(35)19-23-9-11-24(12-10-23)33-27(37)20-26(36)30-15-17-39-16-7-14-32-28(38)31-13-6-4-5-8-22(2)34;;;/h9-12,18H,4-8,13-17,19-20H2,1-3H3,(H5,29,30,31,32,33,35,36,37,38);;;/q;3*+1/p-3. The SMILES string of the molecule is CN/C(C)=C\C(=O)Cc1ccc([N-]C(=O)CC(=O)[N-]CCOCCC[N-]C(=O)NCCCCCC(C)=O)cc1.[Rb+].[Rb+].[Rb+]. The third-order valence-corrected chi connectivity index (χ3v) is 5.35. The van der Waals surface area contributed by atoms with E-state index in [9.17, 15) is 24.0 Å². The molecule has 42 heavy (non-hydrogen) atoms. The number of ether oxygens (including phenoxy) is 1. The molecule has 1 rings (SSSR count). The van der Waals surface area contributed by atoms with Crippen molar-refractivity contribution in [2.75, 3.05) is 39.9 Å². The molecule has 216 valence electrons. The average molecular weight is 799 g/mol. The van der Waals surface area contributed by atoms with Crippen LogP contribution in [0.2, 0.25) is 0 Å². The normalized spacial score (nSPS) is 10.1. The number of nitrogens with zero attached hydrogens (tertiary/aromatic N) is 3. The third-order valence-electron chi connectivity index (χ3n) is 5.35. The van der Waals surface area contributed by atoms with Crippen molar-refractivity contribution in [3.63, 3.8) is 0 Å². The van der Waals surface area contributed by atoms with Gasteiger partial charge in [0.2, 0.25) is 0 Å². The predicted molar refractivity (Wildman–Crippen MR) is 150 cm³/mol. The quantitative estimate of drug-likeness (QED) is 0.0764. The molecule has 4 amide bonds. The largest absolute Gasteiger partial charge is 1.00 e. The Bertz CT molecular complexity index is 977. The molecule has 11 nitrogen and oxygen atoms in total. The minimum Gasteiger partial charge on any atom is -0.651 e. The van der Waals surface area contributed by atoms with Gasteiger partial charge in [-0.05, 0) is 38.8 Å². The minimum atomic E-state index is -0.600. The molecule has 1 aromatic rings. The maximum Gasteiger partial charge on any atom is 1.00 e. The fraction of sp³-hybridized carbons (Fsp3) is 0.536. The number of rotatable bonds is 20. The number of Topliss-reactive ketones (excluding diaryl/α,β-unsaturated/α-hetero) is 1. The van der Waals surface area contributed by atoms with Crippen LogP contribution in [0.15, 0.2) is 36.0 Å². The number of nitrogens with one attached hydrogen (secondary N) is 2. The van der Waals surface area contributed by atoms with E-state index in [2.05, 4.69) is 26.6 Å². The number of carbonyl (C=O) groups excluding carboxylic acids is 5. The van der Waals surface area contributed by atoms with Crippen molar-refractivity contribution in [2.45, 2.75) is 58.8 Å².